The van der Waals surface area contributed by atoms with E-state index in [1.165, 1.54) is 0 Å². The van der Waals surface area contributed by atoms with E-state index in [4.69, 9.17) is 21.1 Å². The van der Waals surface area contributed by atoms with Crippen molar-refractivity contribution in [1.29, 1.82) is 0 Å². The summed E-state index contributed by atoms with van der Waals surface area (Å²) in [6, 6.07) is 13.4. The van der Waals surface area contributed by atoms with E-state index >= 15 is 0 Å². The van der Waals surface area contributed by atoms with Crippen LogP contribution in [0.25, 0.3) is 0 Å². The molecule has 0 saturated heterocycles. The molecule has 0 aromatic heterocycles. The molecule has 0 radical (unpaired) electrons. The first-order chi connectivity index (χ1) is 11.1. The second-order valence-corrected chi connectivity index (χ2v) is 5.59. The molecule has 0 aliphatic rings. The largest absolute Gasteiger partial charge is 0.492 e. The number of benzene rings is 2. The molecule has 2 aromatic carbocycles. The summed E-state index contributed by atoms with van der Waals surface area (Å²) in [7, 11) is 0. The maximum absolute atomic E-state index is 6.28. The molecular weight excluding hydrogens is 310 g/mol. The van der Waals surface area contributed by atoms with Gasteiger partial charge in [-0.2, -0.15) is 0 Å². The molecule has 0 spiro atoms. The highest BCUT2D eigenvalue weighted by Gasteiger charge is 2.06. The van der Waals surface area contributed by atoms with Gasteiger partial charge in [-0.15, -0.1) is 0 Å². The van der Waals surface area contributed by atoms with Gasteiger partial charge in [0.2, 0.25) is 0 Å². The van der Waals surface area contributed by atoms with Gasteiger partial charge in [0, 0.05) is 6.21 Å². The van der Waals surface area contributed by atoms with E-state index in [1.807, 2.05) is 56.3 Å². The molecule has 122 valence electrons. The number of hydrogen-bond acceptors (Lipinski definition) is 3. The molecule has 0 aliphatic carbocycles. The van der Waals surface area contributed by atoms with Crippen molar-refractivity contribution in [2.45, 2.75) is 33.3 Å². The highest BCUT2D eigenvalue weighted by atomic mass is 35.5. The Morgan fingerprint density at radius 3 is 2.61 bits per heavy atom. The van der Waals surface area contributed by atoms with E-state index in [-0.39, 0.29) is 6.10 Å². The Morgan fingerprint density at radius 2 is 1.91 bits per heavy atom. The molecule has 1 atom stereocenters. The Kier molecular flexibility index (Phi) is 6.48. The van der Waals surface area contributed by atoms with Crippen LogP contribution in [0.5, 0.6) is 11.5 Å². The Hall–Kier alpha value is -2.00. The molecule has 0 amide bonds. The molecule has 0 unspecified atom stereocenters. The second-order valence-electron chi connectivity index (χ2n) is 5.19. The number of ether oxygens (including phenoxy) is 2. The van der Waals surface area contributed by atoms with Crippen LogP contribution in [0.15, 0.2) is 47.5 Å². The first-order valence-corrected chi connectivity index (χ1v) is 8.24. The lowest BCUT2D eigenvalue weighted by molar-refractivity contribution is 0.217. The Morgan fingerprint density at radius 1 is 1.13 bits per heavy atom. The summed E-state index contributed by atoms with van der Waals surface area (Å²) in [5, 5.41) is 0.590. The van der Waals surface area contributed by atoms with Crippen molar-refractivity contribution in [2.24, 2.45) is 4.99 Å². The van der Waals surface area contributed by atoms with Crippen LogP contribution in [0.3, 0.4) is 0 Å². The van der Waals surface area contributed by atoms with Crippen molar-refractivity contribution in [3.8, 4) is 11.5 Å². The fourth-order valence-electron chi connectivity index (χ4n) is 1.98. The van der Waals surface area contributed by atoms with Gasteiger partial charge >= 0.3 is 0 Å². The fourth-order valence-corrected chi connectivity index (χ4v) is 2.21. The zero-order valence-electron chi connectivity index (χ0n) is 13.8. The molecule has 0 bridgehead atoms. The first kappa shape index (κ1) is 17.4. The van der Waals surface area contributed by atoms with Gasteiger partial charge in [-0.1, -0.05) is 30.7 Å². The molecule has 3 nitrogen and oxygen atoms in total. The van der Waals surface area contributed by atoms with Crippen LogP contribution in [0.1, 0.15) is 32.8 Å². The third-order valence-corrected chi connectivity index (χ3v) is 3.67. The molecule has 0 fully saturated rings. The topological polar surface area (TPSA) is 30.8 Å². The summed E-state index contributed by atoms with van der Waals surface area (Å²) in [5.74, 6) is 1.47. The van der Waals surface area contributed by atoms with Crippen LogP contribution in [-0.4, -0.2) is 18.9 Å². The third kappa shape index (κ3) is 5.00. The van der Waals surface area contributed by atoms with Crippen LogP contribution in [0.2, 0.25) is 5.02 Å². The predicted molar refractivity (Wildman–Crippen MR) is 96.7 cm³/mol. The van der Waals surface area contributed by atoms with Gasteiger partial charge in [0.15, 0.2) is 0 Å². The quantitative estimate of drug-likeness (QED) is 0.612. The van der Waals surface area contributed by atoms with Gasteiger partial charge in [-0.25, -0.2) is 0 Å². The summed E-state index contributed by atoms with van der Waals surface area (Å²) in [6.45, 7) is 6.67. The summed E-state index contributed by atoms with van der Waals surface area (Å²) >= 11 is 6.28. The van der Waals surface area contributed by atoms with E-state index < -0.39 is 0 Å². The van der Waals surface area contributed by atoms with Crippen molar-refractivity contribution in [2.75, 3.05) is 6.61 Å². The number of nitrogens with zero attached hydrogens (tertiary/aromatic N) is 1. The summed E-state index contributed by atoms with van der Waals surface area (Å²) in [4.78, 5) is 4.49. The van der Waals surface area contributed by atoms with E-state index in [0.29, 0.717) is 17.4 Å². The maximum atomic E-state index is 6.28. The number of aliphatic imine (C=N–C) groups is 1. The summed E-state index contributed by atoms with van der Waals surface area (Å²) < 4.78 is 11.3. The molecule has 0 aliphatic heterocycles. The van der Waals surface area contributed by atoms with Gasteiger partial charge in [0.25, 0.3) is 0 Å². The van der Waals surface area contributed by atoms with Gasteiger partial charge in [0.05, 0.1) is 17.7 Å². The molecule has 2 rings (SSSR count). The van der Waals surface area contributed by atoms with Gasteiger partial charge in [0.1, 0.15) is 17.2 Å². The second kappa shape index (κ2) is 8.59. The molecule has 0 N–H and O–H groups in total. The average molecular weight is 332 g/mol. The highest BCUT2D eigenvalue weighted by molar-refractivity contribution is 6.32. The zero-order valence-corrected chi connectivity index (χ0v) is 14.5. The zero-order chi connectivity index (χ0) is 16.7. The summed E-state index contributed by atoms with van der Waals surface area (Å²) in [5.41, 5.74) is 1.71. The molecule has 0 heterocycles. The van der Waals surface area contributed by atoms with Gasteiger partial charge in [-0.05, 0) is 56.2 Å². The molecule has 4 heteroatoms. The van der Waals surface area contributed by atoms with Crippen molar-refractivity contribution in [3.63, 3.8) is 0 Å². The van der Waals surface area contributed by atoms with E-state index in [9.17, 15) is 0 Å². The number of halogens is 1. The van der Waals surface area contributed by atoms with Crippen LogP contribution < -0.4 is 9.47 Å². The summed E-state index contributed by atoms with van der Waals surface area (Å²) in [6.07, 6.45) is 2.86. The normalized spacial score (nSPS) is 12.3. The van der Waals surface area contributed by atoms with Gasteiger partial charge in [-0.3, -0.25) is 4.99 Å². The molecule has 2 aromatic rings. The lowest BCUT2D eigenvalue weighted by atomic mass is 10.2. The minimum atomic E-state index is 0.144. The minimum Gasteiger partial charge on any atom is -0.492 e. The van der Waals surface area contributed by atoms with E-state index in [0.717, 1.165) is 23.4 Å². The minimum absolute atomic E-state index is 0.144. The Balaban J connectivity index is 2.16. The lowest BCUT2D eigenvalue weighted by Crippen LogP contribution is -2.09. The predicted octanol–water partition coefficient (Wildman–Crippen LogP) is 5.67. The fraction of sp³-hybridized carbons (Fsp3) is 0.316. The lowest BCUT2D eigenvalue weighted by Gasteiger charge is -2.13. The van der Waals surface area contributed by atoms with Gasteiger partial charge < -0.3 is 9.47 Å². The SMILES string of the molecule is CCOc1ccccc1N=Cc1ccc(O[C@H](C)CC)c(Cl)c1. The van der Waals surface area contributed by atoms with Crippen molar-refractivity contribution >= 4 is 23.5 Å². The van der Waals surface area contributed by atoms with Crippen LogP contribution in [0.4, 0.5) is 5.69 Å². The molecular formula is C19H22ClNO2. The van der Waals surface area contributed by atoms with E-state index in [1.54, 1.807) is 6.21 Å². The number of para-hydroxylation sites is 2. The Bertz CT molecular complexity index is 670. The van der Waals surface area contributed by atoms with Crippen LogP contribution in [-0.2, 0) is 0 Å². The third-order valence-electron chi connectivity index (χ3n) is 3.38. The smallest absolute Gasteiger partial charge is 0.144 e. The van der Waals surface area contributed by atoms with Crippen molar-refractivity contribution < 1.29 is 9.47 Å². The van der Waals surface area contributed by atoms with Crippen molar-refractivity contribution in [3.05, 3.63) is 53.1 Å². The Labute approximate surface area is 142 Å². The molecule has 23 heavy (non-hydrogen) atoms. The number of rotatable bonds is 7. The molecule has 0 saturated carbocycles. The van der Waals surface area contributed by atoms with Crippen LogP contribution >= 0.6 is 11.6 Å². The average Bonchev–Trinajstić information content (AvgIpc) is 2.56. The monoisotopic (exact) mass is 331 g/mol. The van der Waals surface area contributed by atoms with Crippen molar-refractivity contribution in [1.82, 2.24) is 0 Å². The first-order valence-electron chi connectivity index (χ1n) is 7.86. The number of hydrogen-bond donors (Lipinski definition) is 0. The maximum Gasteiger partial charge on any atom is 0.144 e. The van der Waals surface area contributed by atoms with Crippen LogP contribution in [0, 0.1) is 0 Å². The highest BCUT2D eigenvalue weighted by Crippen LogP contribution is 2.28. The van der Waals surface area contributed by atoms with E-state index in [2.05, 4.69) is 11.9 Å². The standard InChI is InChI=1S/C19H22ClNO2/c1-4-14(3)23-18-11-10-15(12-16(18)20)13-21-17-8-6-7-9-19(17)22-5-2/h6-14H,4-5H2,1-3H3/t14-/m1/s1.